The lowest BCUT2D eigenvalue weighted by Crippen LogP contribution is -2.28. The first-order valence-electron chi connectivity index (χ1n) is 6.93. The average Bonchev–Trinajstić information content (AvgIpc) is 3.03. The number of alkyl carbamates (subject to hydrolysis) is 1. The number of carbonyl (C=O) groups excluding carboxylic acids is 1. The first-order valence-corrected chi connectivity index (χ1v) is 6.93. The van der Waals surface area contributed by atoms with Crippen molar-refractivity contribution >= 4 is 29.4 Å². The van der Waals surface area contributed by atoms with Crippen LogP contribution in [0.15, 0.2) is 24.4 Å². The van der Waals surface area contributed by atoms with Gasteiger partial charge in [-0.05, 0) is 49.7 Å². The predicted molar refractivity (Wildman–Crippen MR) is 85.2 cm³/mol. The Hall–Kier alpha value is -1.72. The molecule has 1 aliphatic rings. The molecule has 0 saturated carbocycles. The molecule has 6 heteroatoms. The van der Waals surface area contributed by atoms with Crippen LogP contribution in [0.3, 0.4) is 0 Å². The monoisotopic (exact) mass is 309 g/mol. The number of aromatic amines is 1. The molecule has 0 bridgehead atoms. The van der Waals surface area contributed by atoms with Crippen LogP contribution >= 0.6 is 12.4 Å². The Labute approximate surface area is 129 Å². The van der Waals surface area contributed by atoms with Crippen LogP contribution in [0.1, 0.15) is 11.1 Å². The smallest absolute Gasteiger partial charge is 0.407 e. The summed E-state index contributed by atoms with van der Waals surface area (Å²) < 4.78 is 4.92. The summed E-state index contributed by atoms with van der Waals surface area (Å²) in [6, 6.07) is 6.50. The number of aromatic nitrogens is 1. The third-order valence-electron chi connectivity index (χ3n) is 3.70. The molecule has 1 atom stereocenters. The Balaban J connectivity index is 0.00000161. The van der Waals surface area contributed by atoms with Gasteiger partial charge < -0.3 is 20.4 Å². The van der Waals surface area contributed by atoms with Gasteiger partial charge in [-0.2, -0.15) is 0 Å². The summed E-state index contributed by atoms with van der Waals surface area (Å²) in [6.45, 7) is 1.42. The van der Waals surface area contributed by atoms with E-state index in [4.69, 9.17) is 4.74 Å². The van der Waals surface area contributed by atoms with Crippen LogP contribution in [0.4, 0.5) is 4.79 Å². The number of likely N-dealkylation sites (N-methyl/N-ethyl adjacent to an activating group) is 1. The number of fused-ring (bicyclic) bond motifs is 1. The topological polar surface area (TPSA) is 66.1 Å². The Bertz CT molecular complexity index is 626. The maximum atomic E-state index is 11.0. The molecule has 1 amide bonds. The van der Waals surface area contributed by atoms with Gasteiger partial charge in [0.15, 0.2) is 0 Å². The first kappa shape index (κ1) is 15.7. The molecule has 21 heavy (non-hydrogen) atoms. The van der Waals surface area contributed by atoms with E-state index < -0.39 is 0 Å². The van der Waals surface area contributed by atoms with Crippen molar-refractivity contribution in [3.63, 3.8) is 0 Å². The molecule has 1 fully saturated rings. The van der Waals surface area contributed by atoms with E-state index in [-0.39, 0.29) is 24.5 Å². The van der Waals surface area contributed by atoms with Gasteiger partial charge in [-0.1, -0.05) is 6.07 Å². The summed E-state index contributed by atoms with van der Waals surface area (Å²) >= 11 is 0. The number of hydrogen-bond donors (Lipinski definition) is 3. The van der Waals surface area contributed by atoms with Crippen LogP contribution in [0, 0.1) is 0 Å². The summed E-state index contributed by atoms with van der Waals surface area (Å²) in [7, 11) is 1.96. The molecule has 2 heterocycles. The largest absolute Gasteiger partial charge is 0.447 e. The van der Waals surface area contributed by atoms with Crippen LogP contribution in [0.25, 0.3) is 10.9 Å². The summed E-state index contributed by atoms with van der Waals surface area (Å²) in [4.78, 5) is 14.3. The lowest BCUT2D eigenvalue weighted by Gasteiger charge is -2.08. The molecule has 0 unspecified atom stereocenters. The highest BCUT2D eigenvalue weighted by Gasteiger charge is 2.22. The number of H-pyrrole nitrogens is 1. The number of benzene rings is 1. The van der Waals surface area contributed by atoms with Crippen molar-refractivity contribution in [1.82, 2.24) is 15.6 Å². The molecule has 1 aliphatic heterocycles. The lowest BCUT2D eigenvalue weighted by molar-refractivity contribution is 0.177. The Morgan fingerprint density at radius 1 is 1.43 bits per heavy atom. The Morgan fingerprint density at radius 2 is 2.29 bits per heavy atom. The number of nitrogens with one attached hydrogen (secondary N) is 3. The van der Waals surface area contributed by atoms with Gasteiger partial charge in [-0.25, -0.2) is 4.79 Å². The second-order valence-electron chi connectivity index (χ2n) is 5.19. The minimum absolute atomic E-state index is 0. The van der Waals surface area contributed by atoms with Gasteiger partial charge in [0.1, 0.15) is 6.61 Å². The molecule has 0 aliphatic carbocycles. The molecular weight excluding hydrogens is 290 g/mol. The third kappa shape index (κ3) is 3.49. The van der Waals surface area contributed by atoms with E-state index in [1.807, 2.05) is 7.05 Å². The van der Waals surface area contributed by atoms with Crippen LogP contribution in [-0.2, 0) is 17.6 Å². The van der Waals surface area contributed by atoms with Gasteiger partial charge in [-0.15, -0.1) is 12.4 Å². The Morgan fingerprint density at radius 3 is 3.00 bits per heavy atom. The van der Waals surface area contributed by atoms with E-state index in [2.05, 4.69) is 40.0 Å². The van der Waals surface area contributed by atoms with Crippen molar-refractivity contribution in [1.29, 1.82) is 0 Å². The Kier molecular flexibility index (Phi) is 5.09. The molecule has 1 aromatic carbocycles. The van der Waals surface area contributed by atoms with Gasteiger partial charge in [-0.3, -0.25) is 0 Å². The van der Waals surface area contributed by atoms with Crippen molar-refractivity contribution in [3.05, 3.63) is 35.5 Å². The molecule has 3 rings (SSSR count). The number of halogens is 1. The highest BCUT2D eigenvalue weighted by atomic mass is 35.5. The zero-order chi connectivity index (χ0) is 13.9. The minimum Gasteiger partial charge on any atom is -0.447 e. The van der Waals surface area contributed by atoms with E-state index in [1.165, 1.54) is 16.5 Å². The van der Waals surface area contributed by atoms with Crippen LogP contribution in [-0.4, -0.2) is 37.3 Å². The SMILES string of the molecule is CNCCc1c[nH]c2ccc(C[C@H]3COC(=O)N3)cc12.Cl. The maximum Gasteiger partial charge on any atom is 0.407 e. The fourth-order valence-corrected chi connectivity index (χ4v) is 2.64. The van der Waals surface area contributed by atoms with Crippen molar-refractivity contribution in [2.75, 3.05) is 20.2 Å². The van der Waals surface area contributed by atoms with Crippen molar-refractivity contribution in [2.45, 2.75) is 18.9 Å². The van der Waals surface area contributed by atoms with Crippen LogP contribution < -0.4 is 10.6 Å². The number of ether oxygens (including phenoxy) is 1. The van der Waals surface area contributed by atoms with Crippen molar-refractivity contribution in [2.24, 2.45) is 0 Å². The molecular formula is C15H20ClN3O2. The van der Waals surface area contributed by atoms with Gasteiger partial charge >= 0.3 is 6.09 Å². The van der Waals surface area contributed by atoms with E-state index >= 15 is 0 Å². The highest BCUT2D eigenvalue weighted by Crippen LogP contribution is 2.21. The van der Waals surface area contributed by atoms with Gasteiger partial charge in [0.2, 0.25) is 0 Å². The zero-order valence-electron chi connectivity index (χ0n) is 11.9. The quantitative estimate of drug-likeness (QED) is 0.791. The molecule has 114 valence electrons. The van der Waals surface area contributed by atoms with Gasteiger partial charge in [0, 0.05) is 17.1 Å². The normalized spacial score (nSPS) is 17.4. The number of hydrogen-bond acceptors (Lipinski definition) is 3. The molecule has 2 aromatic rings. The molecule has 1 aromatic heterocycles. The van der Waals surface area contributed by atoms with Crippen LogP contribution in [0.2, 0.25) is 0 Å². The zero-order valence-corrected chi connectivity index (χ0v) is 12.8. The van der Waals surface area contributed by atoms with Gasteiger partial charge in [0.05, 0.1) is 6.04 Å². The maximum absolute atomic E-state index is 11.0. The van der Waals surface area contributed by atoms with Gasteiger partial charge in [0.25, 0.3) is 0 Å². The number of carbonyl (C=O) groups is 1. The summed E-state index contributed by atoms with van der Waals surface area (Å²) in [5.41, 5.74) is 3.70. The number of amides is 1. The molecule has 3 N–H and O–H groups in total. The van der Waals surface area contributed by atoms with E-state index in [0.29, 0.717) is 6.61 Å². The molecule has 5 nitrogen and oxygen atoms in total. The number of cyclic esters (lactones) is 1. The summed E-state index contributed by atoms with van der Waals surface area (Å²) in [5.74, 6) is 0. The third-order valence-corrected chi connectivity index (χ3v) is 3.70. The minimum atomic E-state index is -0.313. The number of rotatable bonds is 5. The summed E-state index contributed by atoms with van der Waals surface area (Å²) in [5, 5.41) is 7.25. The second-order valence-corrected chi connectivity index (χ2v) is 5.19. The molecule has 1 saturated heterocycles. The van der Waals surface area contributed by atoms with E-state index in [0.717, 1.165) is 24.9 Å². The lowest BCUT2D eigenvalue weighted by atomic mass is 10.0. The fourth-order valence-electron chi connectivity index (χ4n) is 2.64. The predicted octanol–water partition coefficient (Wildman–Crippen LogP) is 2.00. The summed E-state index contributed by atoms with van der Waals surface area (Å²) in [6.07, 6.45) is 3.57. The van der Waals surface area contributed by atoms with Crippen molar-refractivity contribution < 1.29 is 9.53 Å². The fraction of sp³-hybridized carbons (Fsp3) is 0.400. The molecule has 0 spiro atoms. The van der Waals surface area contributed by atoms with E-state index in [1.54, 1.807) is 0 Å². The first-order chi connectivity index (χ1) is 9.76. The standard InChI is InChI=1S/C15H19N3O2.ClH/c1-16-5-4-11-8-17-14-3-2-10(7-13(11)14)6-12-9-20-15(19)18-12;/h2-3,7-8,12,16-17H,4-6,9H2,1H3,(H,18,19);1H/t12-;/m0./s1. The van der Waals surface area contributed by atoms with Crippen LogP contribution in [0.5, 0.6) is 0 Å². The highest BCUT2D eigenvalue weighted by molar-refractivity contribution is 5.85. The van der Waals surface area contributed by atoms with Crippen molar-refractivity contribution in [3.8, 4) is 0 Å². The average molecular weight is 310 g/mol. The second kappa shape index (κ2) is 6.83. The molecule has 0 radical (unpaired) electrons. The van der Waals surface area contributed by atoms with E-state index in [9.17, 15) is 4.79 Å².